The fourth-order valence-corrected chi connectivity index (χ4v) is 4.97. The Morgan fingerprint density at radius 3 is 1.88 bits per heavy atom. The van der Waals surface area contributed by atoms with Crippen molar-refractivity contribution in [3.63, 3.8) is 0 Å². The molecule has 0 fully saturated rings. The fraction of sp³-hybridized carbons (Fsp3) is 0.474. The number of H-pyrrole nitrogens is 1. The maximum Gasteiger partial charge on any atom is 0.187 e. The molecule has 2 rings (SSSR count). The predicted octanol–water partition coefficient (Wildman–Crippen LogP) is 4.93. The van der Waals surface area contributed by atoms with Crippen molar-refractivity contribution < 1.29 is 13.3 Å². The molecule has 1 aromatic carbocycles. The molecule has 1 aromatic heterocycles. The number of nitro groups is 1. The van der Waals surface area contributed by atoms with Gasteiger partial charge in [-0.05, 0) is 40.6 Å². The number of rotatable bonds is 6. The predicted molar refractivity (Wildman–Crippen MR) is 100 cm³/mol. The largest absolute Gasteiger partial charge is 0.477 e. The fourth-order valence-electron chi connectivity index (χ4n) is 2.95. The third-order valence-corrected chi connectivity index (χ3v) is 6.35. The number of sulfone groups is 1. The van der Waals surface area contributed by atoms with Crippen molar-refractivity contribution in [2.75, 3.05) is 0 Å². The average molecular weight is 377 g/mol. The molecule has 0 saturated heterocycles. The van der Waals surface area contributed by atoms with Crippen molar-refractivity contribution in [1.82, 2.24) is 4.98 Å². The molecule has 1 heterocycles. The zero-order valence-corrected chi connectivity index (χ0v) is 16.8. The highest BCUT2D eigenvalue weighted by molar-refractivity contribution is 7.91. The third-order valence-electron chi connectivity index (χ3n) is 4.45. The second-order valence-corrected chi connectivity index (χ2v) is 9.23. The first-order valence-electron chi connectivity index (χ1n) is 8.64. The molecule has 0 spiro atoms. The van der Waals surface area contributed by atoms with Gasteiger partial charge in [-0.3, -0.25) is 10.1 Å². The lowest BCUT2D eigenvalue weighted by molar-refractivity contribution is -0.387. The van der Waals surface area contributed by atoms with Crippen LogP contribution in [0.5, 0.6) is 0 Å². The van der Waals surface area contributed by atoms with E-state index in [-0.39, 0.29) is 27.5 Å². The van der Waals surface area contributed by atoms with E-state index in [1.807, 2.05) is 39.8 Å². The molecule has 7 heteroatoms. The Morgan fingerprint density at radius 2 is 1.50 bits per heavy atom. The van der Waals surface area contributed by atoms with E-state index in [2.05, 4.69) is 25.0 Å². The number of hydrogen-bond acceptors (Lipinski definition) is 4. The molecule has 6 nitrogen and oxygen atoms in total. The summed E-state index contributed by atoms with van der Waals surface area (Å²) in [6, 6.07) is 3.83. The van der Waals surface area contributed by atoms with E-state index in [0.717, 1.165) is 11.8 Å². The van der Waals surface area contributed by atoms with E-state index in [1.165, 1.54) is 0 Å². The van der Waals surface area contributed by atoms with Gasteiger partial charge in [-0.25, -0.2) is 8.42 Å². The van der Waals surface area contributed by atoms with Crippen LogP contribution < -0.4 is 0 Å². The zero-order chi connectivity index (χ0) is 19.8. The first kappa shape index (κ1) is 20.2. The van der Waals surface area contributed by atoms with Crippen molar-refractivity contribution in [2.24, 2.45) is 0 Å². The molecule has 0 aliphatic carbocycles. The second-order valence-electron chi connectivity index (χ2n) is 7.38. The minimum atomic E-state index is -4.07. The Morgan fingerprint density at radius 1 is 1.00 bits per heavy atom. The van der Waals surface area contributed by atoms with Crippen molar-refractivity contribution in [2.45, 2.75) is 69.1 Å². The molecule has 2 aromatic rings. The van der Waals surface area contributed by atoms with E-state index in [1.54, 1.807) is 0 Å². The van der Waals surface area contributed by atoms with Gasteiger partial charge in [0, 0.05) is 9.82 Å². The molecule has 0 amide bonds. The van der Waals surface area contributed by atoms with Crippen LogP contribution in [0.2, 0.25) is 0 Å². The summed E-state index contributed by atoms with van der Waals surface area (Å²) in [7, 11) is -4.07. The van der Waals surface area contributed by atoms with Crippen LogP contribution in [0.1, 0.15) is 76.0 Å². The van der Waals surface area contributed by atoms with Crippen molar-refractivity contribution in [3.8, 4) is 0 Å². The van der Waals surface area contributed by atoms with Gasteiger partial charge >= 0.3 is 0 Å². The molecular formula is C19H25N2O4S-. The summed E-state index contributed by atoms with van der Waals surface area (Å²) in [4.78, 5) is 12.8. The Labute approximate surface area is 154 Å². The molecule has 0 unspecified atom stereocenters. The van der Waals surface area contributed by atoms with Gasteiger partial charge in [0.15, 0.2) is 15.5 Å². The summed E-state index contributed by atoms with van der Waals surface area (Å²) in [6.07, 6.45) is 3.44. The van der Waals surface area contributed by atoms with Crippen LogP contribution in [0.25, 0.3) is 0 Å². The normalized spacial score (nSPS) is 12.3. The highest BCUT2D eigenvalue weighted by atomic mass is 32.2. The highest BCUT2D eigenvalue weighted by Crippen LogP contribution is 2.39. The number of benzene rings is 1. The van der Waals surface area contributed by atoms with Crippen LogP contribution in [-0.2, 0) is 9.84 Å². The van der Waals surface area contributed by atoms with Crippen molar-refractivity contribution in [1.29, 1.82) is 0 Å². The SMILES string of the molecule is CC(C)c1cc(C(C)C)c(S(=O)(=O)c2c[nH][c-]c2[N+](=O)[O-])c(C(C)C)c1. The first-order valence-corrected chi connectivity index (χ1v) is 10.1. The number of nitrogens with zero attached hydrogens (tertiary/aromatic N) is 1. The smallest absolute Gasteiger partial charge is 0.187 e. The molecule has 0 aliphatic heterocycles. The van der Waals surface area contributed by atoms with Gasteiger partial charge in [-0.2, -0.15) is 0 Å². The standard InChI is InChI=1S/C19H25N2O4S/c1-11(2)14-7-15(12(3)4)19(16(8-14)13(5)6)26(24,25)18-10-20-9-17(18)21(22)23/h7-8,10-13,20H,1-6H3/q-1. The van der Waals surface area contributed by atoms with Crippen LogP contribution in [0, 0.1) is 16.3 Å². The lowest BCUT2D eigenvalue weighted by Crippen LogP contribution is -2.13. The molecule has 1 N–H and O–H groups in total. The van der Waals surface area contributed by atoms with E-state index < -0.39 is 20.4 Å². The summed E-state index contributed by atoms with van der Waals surface area (Å²) < 4.78 is 26.8. The van der Waals surface area contributed by atoms with Crippen molar-refractivity contribution in [3.05, 3.63) is 51.3 Å². The van der Waals surface area contributed by atoms with Crippen LogP contribution in [-0.4, -0.2) is 18.3 Å². The summed E-state index contributed by atoms with van der Waals surface area (Å²) >= 11 is 0. The Kier molecular flexibility index (Phi) is 5.61. The lowest BCUT2D eigenvalue weighted by Gasteiger charge is -2.24. The molecule has 0 saturated carbocycles. The maximum atomic E-state index is 13.4. The Bertz CT molecular complexity index is 896. The quantitative estimate of drug-likeness (QED) is 0.439. The molecule has 0 radical (unpaired) electrons. The van der Waals surface area contributed by atoms with Gasteiger partial charge in [0.25, 0.3) is 0 Å². The summed E-state index contributed by atoms with van der Waals surface area (Å²) in [5.74, 6) is 0.160. The lowest BCUT2D eigenvalue weighted by atomic mass is 9.89. The van der Waals surface area contributed by atoms with E-state index in [0.29, 0.717) is 11.1 Å². The Balaban J connectivity index is 2.90. The third kappa shape index (κ3) is 3.53. The van der Waals surface area contributed by atoms with Crippen LogP contribution in [0.4, 0.5) is 5.69 Å². The maximum absolute atomic E-state index is 13.4. The number of nitrogens with one attached hydrogen (secondary N) is 1. The van der Waals surface area contributed by atoms with Gasteiger partial charge in [-0.1, -0.05) is 53.7 Å². The van der Waals surface area contributed by atoms with Gasteiger partial charge in [0.2, 0.25) is 0 Å². The van der Waals surface area contributed by atoms with Gasteiger partial charge in [0.05, 0.1) is 4.90 Å². The minimum Gasteiger partial charge on any atom is -0.477 e. The van der Waals surface area contributed by atoms with Crippen LogP contribution in [0.3, 0.4) is 0 Å². The summed E-state index contributed by atoms with van der Waals surface area (Å²) in [5.41, 5.74) is 1.89. The van der Waals surface area contributed by atoms with Crippen LogP contribution in [0.15, 0.2) is 28.1 Å². The molecule has 0 bridgehead atoms. The Hall–Kier alpha value is -2.15. The zero-order valence-electron chi connectivity index (χ0n) is 16.0. The average Bonchev–Trinajstić information content (AvgIpc) is 3.03. The molecule has 26 heavy (non-hydrogen) atoms. The monoisotopic (exact) mass is 377 g/mol. The van der Waals surface area contributed by atoms with Gasteiger partial charge < -0.3 is 4.98 Å². The number of aromatic nitrogens is 1. The van der Waals surface area contributed by atoms with Gasteiger partial charge in [-0.15, -0.1) is 6.20 Å². The molecule has 0 aliphatic rings. The van der Waals surface area contributed by atoms with Gasteiger partial charge in [0.1, 0.15) is 0 Å². The van der Waals surface area contributed by atoms with E-state index in [4.69, 9.17) is 0 Å². The number of aromatic amines is 1. The summed E-state index contributed by atoms with van der Waals surface area (Å²) in [6.45, 7) is 11.8. The summed E-state index contributed by atoms with van der Waals surface area (Å²) in [5, 5.41) is 11.2. The molecule has 0 atom stereocenters. The van der Waals surface area contributed by atoms with Crippen molar-refractivity contribution >= 4 is 15.5 Å². The second kappa shape index (κ2) is 7.23. The van der Waals surface area contributed by atoms with Crippen LogP contribution >= 0.6 is 0 Å². The topological polar surface area (TPSA) is 93.1 Å². The van der Waals surface area contributed by atoms with E-state index in [9.17, 15) is 18.5 Å². The molecular weight excluding hydrogens is 352 g/mol. The highest BCUT2D eigenvalue weighted by Gasteiger charge is 2.29. The first-order chi connectivity index (χ1) is 12.0. The molecule has 142 valence electrons. The minimum absolute atomic E-state index is 0.0436. The van der Waals surface area contributed by atoms with E-state index >= 15 is 0 Å². The number of hydrogen-bond donors (Lipinski definition) is 1.